The number of hydrogen-bond acceptors (Lipinski definition) is 10. The molecular formula is C24H35N9O6. The number of nitrogens with one attached hydrogen (secondary N) is 1. The molecule has 0 bridgehead atoms. The number of piperazine rings is 1. The highest BCUT2D eigenvalue weighted by atomic mass is 16.6. The molecule has 2 fully saturated rings. The van der Waals surface area contributed by atoms with E-state index < -0.39 is 23.5 Å². The maximum atomic E-state index is 12.8. The van der Waals surface area contributed by atoms with Crippen LogP contribution in [-0.4, -0.2) is 103 Å². The maximum absolute atomic E-state index is 12.8. The lowest BCUT2D eigenvalue weighted by Gasteiger charge is -2.36. The van der Waals surface area contributed by atoms with Gasteiger partial charge in [0.2, 0.25) is 17.8 Å². The zero-order valence-electron chi connectivity index (χ0n) is 22.4. The number of hydrogen-bond donors (Lipinski definition) is 3. The molecule has 212 valence electrons. The summed E-state index contributed by atoms with van der Waals surface area (Å²) >= 11 is 0. The van der Waals surface area contributed by atoms with Gasteiger partial charge in [-0.1, -0.05) is 0 Å². The average Bonchev–Trinajstić information content (AvgIpc) is 3.28. The molecular weight excluding hydrogens is 510 g/mol. The van der Waals surface area contributed by atoms with E-state index in [0.717, 1.165) is 0 Å². The summed E-state index contributed by atoms with van der Waals surface area (Å²) in [5.41, 5.74) is 6.54. The number of carbonyl (C=O) groups excluding carboxylic acids is 3. The number of piperidine rings is 1. The van der Waals surface area contributed by atoms with Crippen LogP contribution in [0.25, 0.3) is 11.2 Å². The summed E-state index contributed by atoms with van der Waals surface area (Å²) in [6.07, 6.45) is 0.901. The number of carbonyl (C=O) groups is 4. The third kappa shape index (κ3) is 6.83. The van der Waals surface area contributed by atoms with Crippen molar-refractivity contribution in [3.63, 3.8) is 0 Å². The number of fused-ring (bicyclic) bond motifs is 1. The third-order valence-corrected chi connectivity index (χ3v) is 6.71. The summed E-state index contributed by atoms with van der Waals surface area (Å²) in [7, 11) is 0. The number of likely N-dealkylation sites (tertiary alicyclic amines) is 1. The molecule has 4 N–H and O–H groups in total. The topological polar surface area (TPSA) is 189 Å². The molecule has 0 aliphatic carbocycles. The van der Waals surface area contributed by atoms with Crippen molar-refractivity contribution >= 4 is 46.9 Å². The number of imide groups is 1. The lowest BCUT2D eigenvalue weighted by atomic mass is 9.96. The van der Waals surface area contributed by atoms with Crippen LogP contribution in [0.15, 0.2) is 6.33 Å². The predicted molar refractivity (Wildman–Crippen MR) is 140 cm³/mol. The summed E-state index contributed by atoms with van der Waals surface area (Å²) in [5, 5.41) is 10.6. The van der Waals surface area contributed by atoms with E-state index in [1.165, 1.54) is 0 Å². The smallest absolute Gasteiger partial charge is 0.411 e. The quantitative estimate of drug-likeness (QED) is 0.484. The second-order valence-corrected chi connectivity index (χ2v) is 10.7. The van der Waals surface area contributed by atoms with E-state index in [0.29, 0.717) is 75.6 Å². The number of nitrogens with zero attached hydrogens (tertiary/aromatic N) is 7. The highest BCUT2D eigenvalue weighted by molar-refractivity contribution is 5.92. The number of imidazole rings is 1. The number of ether oxygens (including phenoxy) is 1. The van der Waals surface area contributed by atoms with E-state index in [9.17, 15) is 19.2 Å². The Morgan fingerprint density at radius 1 is 1.05 bits per heavy atom. The number of amides is 4. The van der Waals surface area contributed by atoms with Crippen LogP contribution in [0, 0.1) is 5.92 Å². The van der Waals surface area contributed by atoms with Crippen molar-refractivity contribution in [3.05, 3.63) is 6.33 Å². The molecule has 4 heterocycles. The average molecular weight is 546 g/mol. The molecule has 0 aromatic carbocycles. The SMILES string of the molecule is CC(C)(C)OC(=O)N1CCN(c2nc(N)nc3c2ncn3CCC(=O)N2CCC(C(=O)NC(=O)O)CC2)CC1. The van der Waals surface area contributed by atoms with Gasteiger partial charge in [-0.05, 0) is 33.6 Å². The number of nitrogens with two attached hydrogens (primary N) is 1. The summed E-state index contributed by atoms with van der Waals surface area (Å²) in [4.78, 5) is 66.4. The summed E-state index contributed by atoms with van der Waals surface area (Å²) < 4.78 is 7.23. The molecule has 2 aliphatic heterocycles. The predicted octanol–water partition coefficient (Wildman–Crippen LogP) is 0.889. The summed E-state index contributed by atoms with van der Waals surface area (Å²) in [6, 6.07) is 0. The monoisotopic (exact) mass is 545 g/mol. The van der Waals surface area contributed by atoms with Crippen molar-refractivity contribution in [1.29, 1.82) is 0 Å². The van der Waals surface area contributed by atoms with E-state index in [2.05, 4.69) is 15.0 Å². The third-order valence-electron chi connectivity index (χ3n) is 6.71. The van der Waals surface area contributed by atoms with E-state index in [4.69, 9.17) is 15.6 Å². The molecule has 39 heavy (non-hydrogen) atoms. The van der Waals surface area contributed by atoms with E-state index in [-0.39, 0.29) is 24.4 Å². The van der Waals surface area contributed by atoms with E-state index >= 15 is 0 Å². The highest BCUT2D eigenvalue weighted by Crippen LogP contribution is 2.25. The van der Waals surface area contributed by atoms with Crippen molar-refractivity contribution in [2.24, 2.45) is 5.92 Å². The second kappa shape index (κ2) is 11.3. The largest absolute Gasteiger partial charge is 0.465 e. The van der Waals surface area contributed by atoms with Crippen LogP contribution >= 0.6 is 0 Å². The molecule has 4 amide bonds. The number of nitrogen functional groups attached to an aromatic ring is 1. The molecule has 0 spiro atoms. The molecule has 0 unspecified atom stereocenters. The van der Waals surface area contributed by atoms with Gasteiger partial charge in [0, 0.05) is 58.2 Å². The summed E-state index contributed by atoms with van der Waals surface area (Å²) in [6.45, 7) is 8.57. The first-order valence-corrected chi connectivity index (χ1v) is 12.9. The molecule has 15 heteroatoms. The first-order valence-electron chi connectivity index (χ1n) is 12.9. The summed E-state index contributed by atoms with van der Waals surface area (Å²) in [5.74, 6) is -0.366. The zero-order valence-corrected chi connectivity index (χ0v) is 22.4. The van der Waals surface area contributed by atoms with Gasteiger partial charge < -0.3 is 34.8 Å². The fraction of sp³-hybridized carbons (Fsp3) is 0.625. The molecule has 2 aliphatic rings. The van der Waals surface area contributed by atoms with Crippen molar-refractivity contribution < 1.29 is 29.0 Å². The van der Waals surface area contributed by atoms with E-state index in [1.807, 2.05) is 31.0 Å². The molecule has 4 rings (SSSR count). The maximum Gasteiger partial charge on any atom is 0.411 e. The van der Waals surface area contributed by atoms with Crippen LogP contribution in [0.5, 0.6) is 0 Å². The van der Waals surface area contributed by atoms with Gasteiger partial charge in [-0.2, -0.15) is 9.97 Å². The first kappa shape index (κ1) is 27.9. The normalized spacial score (nSPS) is 16.8. The second-order valence-electron chi connectivity index (χ2n) is 10.7. The van der Waals surface area contributed by atoms with Gasteiger partial charge >= 0.3 is 12.2 Å². The van der Waals surface area contributed by atoms with Crippen LogP contribution in [0.2, 0.25) is 0 Å². The van der Waals surface area contributed by atoms with Gasteiger partial charge in [0.25, 0.3) is 0 Å². The fourth-order valence-corrected chi connectivity index (χ4v) is 4.73. The van der Waals surface area contributed by atoms with Crippen LogP contribution in [0.3, 0.4) is 0 Å². The Morgan fingerprint density at radius 3 is 2.33 bits per heavy atom. The molecule has 0 radical (unpaired) electrons. The Labute approximate surface area is 225 Å². The number of anilines is 2. The molecule has 2 aromatic rings. The minimum atomic E-state index is -1.37. The Kier molecular flexibility index (Phi) is 8.06. The standard InChI is InChI=1S/C24H35N9O6/c1-24(2,3)39-23(38)32-12-10-31(11-13-32)18-17-19(28-21(25)27-18)33(14-26-17)9-6-16(34)30-7-4-15(5-8-30)20(35)29-22(36)37/h14-15H,4-13H2,1-3H3,(H,29,35)(H,36,37)(H2,25,27,28). The van der Waals surface area contributed by atoms with Gasteiger partial charge in [0.05, 0.1) is 6.33 Å². The molecule has 0 saturated carbocycles. The molecule has 15 nitrogen and oxygen atoms in total. The van der Waals surface area contributed by atoms with Gasteiger partial charge in [-0.3, -0.25) is 14.9 Å². The Morgan fingerprint density at radius 2 is 1.72 bits per heavy atom. The Bertz CT molecular complexity index is 1240. The lowest BCUT2D eigenvalue weighted by molar-refractivity contribution is -0.135. The Balaban J connectivity index is 1.35. The number of aromatic nitrogens is 4. The van der Waals surface area contributed by atoms with Crippen molar-refractivity contribution in [3.8, 4) is 0 Å². The minimum absolute atomic E-state index is 0.0746. The number of aryl methyl sites for hydroxylation is 1. The minimum Gasteiger partial charge on any atom is -0.465 e. The first-order chi connectivity index (χ1) is 18.4. The van der Waals surface area contributed by atoms with Crippen LogP contribution in [0.1, 0.15) is 40.0 Å². The van der Waals surface area contributed by atoms with Gasteiger partial charge in [-0.15, -0.1) is 0 Å². The number of carboxylic acid groups (broad SMARTS) is 1. The molecule has 2 saturated heterocycles. The Hall–Kier alpha value is -4.17. The number of rotatable bonds is 5. The highest BCUT2D eigenvalue weighted by Gasteiger charge is 2.30. The van der Waals surface area contributed by atoms with Crippen LogP contribution < -0.4 is 16.0 Å². The molecule has 0 atom stereocenters. The van der Waals surface area contributed by atoms with Crippen molar-refractivity contribution in [2.45, 2.75) is 52.2 Å². The van der Waals surface area contributed by atoms with Crippen LogP contribution in [0.4, 0.5) is 21.4 Å². The van der Waals surface area contributed by atoms with Crippen LogP contribution in [-0.2, 0) is 20.9 Å². The van der Waals surface area contributed by atoms with Crippen molar-refractivity contribution in [1.82, 2.24) is 34.6 Å². The molecule has 2 aromatic heterocycles. The zero-order chi connectivity index (χ0) is 28.3. The van der Waals surface area contributed by atoms with E-state index in [1.54, 1.807) is 20.7 Å². The fourth-order valence-electron chi connectivity index (χ4n) is 4.73. The van der Waals surface area contributed by atoms with Gasteiger partial charge in [0.1, 0.15) is 5.60 Å². The van der Waals surface area contributed by atoms with Crippen molar-refractivity contribution in [2.75, 3.05) is 49.9 Å². The van der Waals surface area contributed by atoms with Gasteiger partial charge in [-0.25, -0.2) is 14.6 Å². The van der Waals surface area contributed by atoms with Gasteiger partial charge in [0.15, 0.2) is 17.0 Å². The lowest BCUT2D eigenvalue weighted by Crippen LogP contribution is -2.50.